The van der Waals surface area contributed by atoms with E-state index in [-0.39, 0.29) is 11.8 Å². The molecule has 1 amide bonds. The zero-order chi connectivity index (χ0) is 16.7. The molecule has 1 rings (SSSR count). The molecule has 2 heteroatoms. The summed E-state index contributed by atoms with van der Waals surface area (Å²) in [6.07, 6.45) is 4.16. The fourth-order valence-electron chi connectivity index (χ4n) is 2.89. The minimum atomic E-state index is 0.125. The third kappa shape index (κ3) is 4.86. The molecular weight excluding hydrogens is 270 g/mol. The highest BCUT2D eigenvalue weighted by Gasteiger charge is 2.20. The molecular formula is C20H33NO. The fraction of sp³-hybridized carbons (Fsp3) is 0.650. The van der Waals surface area contributed by atoms with E-state index in [9.17, 15) is 4.79 Å². The Kier molecular flexibility index (Phi) is 7.64. The molecule has 0 aliphatic rings. The minimum absolute atomic E-state index is 0.125. The number of amides is 1. The topological polar surface area (TPSA) is 29.1 Å². The van der Waals surface area contributed by atoms with E-state index < -0.39 is 0 Å². The molecule has 124 valence electrons. The van der Waals surface area contributed by atoms with Crippen molar-refractivity contribution in [2.45, 2.75) is 79.1 Å². The molecule has 22 heavy (non-hydrogen) atoms. The van der Waals surface area contributed by atoms with Gasteiger partial charge in [0.05, 0.1) is 0 Å². The number of hydrogen-bond donors (Lipinski definition) is 1. The van der Waals surface area contributed by atoms with Crippen molar-refractivity contribution in [1.82, 2.24) is 0 Å². The highest BCUT2D eigenvalue weighted by Crippen LogP contribution is 2.33. The molecule has 0 heterocycles. The number of nitrogens with one attached hydrogen (secondary N) is 1. The monoisotopic (exact) mass is 303 g/mol. The number of hydrogen-bond acceptors (Lipinski definition) is 1. The molecule has 1 unspecified atom stereocenters. The van der Waals surface area contributed by atoms with Crippen LogP contribution < -0.4 is 5.32 Å². The number of carbonyl (C=O) groups is 1. The Morgan fingerprint density at radius 2 is 1.59 bits per heavy atom. The van der Waals surface area contributed by atoms with Crippen LogP contribution in [0.25, 0.3) is 0 Å². The number of anilines is 1. The van der Waals surface area contributed by atoms with Crippen molar-refractivity contribution in [3.63, 3.8) is 0 Å². The van der Waals surface area contributed by atoms with Crippen LogP contribution in [-0.2, 0) is 4.79 Å². The van der Waals surface area contributed by atoms with Crippen LogP contribution in [0.4, 0.5) is 5.69 Å². The minimum Gasteiger partial charge on any atom is -0.325 e. The van der Waals surface area contributed by atoms with Crippen LogP contribution >= 0.6 is 0 Å². The van der Waals surface area contributed by atoms with Gasteiger partial charge >= 0.3 is 0 Å². The second-order valence-corrected chi connectivity index (χ2v) is 6.86. The summed E-state index contributed by atoms with van der Waals surface area (Å²) in [7, 11) is 0. The molecule has 0 bridgehead atoms. The summed E-state index contributed by atoms with van der Waals surface area (Å²) in [5, 5.41) is 3.26. The molecule has 0 fully saturated rings. The number of para-hydroxylation sites is 1. The van der Waals surface area contributed by atoms with Crippen LogP contribution in [0.2, 0.25) is 0 Å². The zero-order valence-electron chi connectivity index (χ0n) is 15.2. The highest BCUT2D eigenvalue weighted by molar-refractivity contribution is 5.94. The van der Waals surface area contributed by atoms with Gasteiger partial charge in [0, 0.05) is 11.6 Å². The summed E-state index contributed by atoms with van der Waals surface area (Å²) in [5.74, 6) is 1.13. The van der Waals surface area contributed by atoms with Crippen molar-refractivity contribution in [2.75, 3.05) is 5.32 Å². The first-order valence-electron chi connectivity index (χ1n) is 8.85. The molecule has 0 saturated heterocycles. The first kappa shape index (κ1) is 18.7. The Hall–Kier alpha value is -1.31. The third-order valence-electron chi connectivity index (χ3n) is 4.39. The van der Waals surface area contributed by atoms with Crippen LogP contribution in [0.15, 0.2) is 18.2 Å². The van der Waals surface area contributed by atoms with E-state index in [2.05, 4.69) is 65.1 Å². The van der Waals surface area contributed by atoms with Crippen molar-refractivity contribution in [2.24, 2.45) is 5.92 Å². The predicted molar refractivity (Wildman–Crippen MR) is 96.6 cm³/mol. The van der Waals surface area contributed by atoms with Gasteiger partial charge in [0.25, 0.3) is 0 Å². The third-order valence-corrected chi connectivity index (χ3v) is 4.39. The maximum absolute atomic E-state index is 12.7. The number of rotatable bonds is 8. The molecule has 1 N–H and O–H groups in total. The summed E-state index contributed by atoms with van der Waals surface area (Å²) >= 11 is 0. The fourth-order valence-corrected chi connectivity index (χ4v) is 2.89. The van der Waals surface area contributed by atoms with Crippen molar-refractivity contribution < 1.29 is 4.79 Å². The summed E-state index contributed by atoms with van der Waals surface area (Å²) in [4.78, 5) is 12.7. The van der Waals surface area contributed by atoms with Crippen LogP contribution in [0, 0.1) is 5.92 Å². The van der Waals surface area contributed by atoms with Gasteiger partial charge in [0.1, 0.15) is 0 Å². The maximum atomic E-state index is 12.7. The SMILES string of the molecule is CCCCC(CC)C(=O)Nc1c(C(C)C)cccc1C(C)C. The van der Waals surface area contributed by atoms with Gasteiger partial charge in [-0.25, -0.2) is 0 Å². The second-order valence-electron chi connectivity index (χ2n) is 6.86. The Morgan fingerprint density at radius 1 is 1.05 bits per heavy atom. The average Bonchev–Trinajstić information content (AvgIpc) is 2.47. The van der Waals surface area contributed by atoms with Crippen LogP contribution in [0.5, 0.6) is 0 Å². The van der Waals surface area contributed by atoms with E-state index in [1.807, 2.05) is 0 Å². The van der Waals surface area contributed by atoms with E-state index in [1.54, 1.807) is 0 Å². The smallest absolute Gasteiger partial charge is 0.227 e. The van der Waals surface area contributed by atoms with Crippen molar-refractivity contribution in [3.05, 3.63) is 29.3 Å². The van der Waals surface area contributed by atoms with Crippen LogP contribution in [0.3, 0.4) is 0 Å². The maximum Gasteiger partial charge on any atom is 0.227 e. The van der Waals surface area contributed by atoms with Gasteiger partial charge in [-0.1, -0.05) is 72.6 Å². The van der Waals surface area contributed by atoms with Crippen molar-refractivity contribution >= 4 is 11.6 Å². The lowest BCUT2D eigenvalue weighted by Crippen LogP contribution is -2.24. The predicted octanol–water partition coefficient (Wildman–Crippen LogP) is 6.09. The molecule has 2 nitrogen and oxygen atoms in total. The van der Waals surface area contributed by atoms with Gasteiger partial charge in [-0.05, 0) is 35.8 Å². The van der Waals surface area contributed by atoms with Crippen molar-refractivity contribution in [3.8, 4) is 0 Å². The molecule has 0 spiro atoms. The normalized spacial score (nSPS) is 12.7. The van der Waals surface area contributed by atoms with E-state index in [0.29, 0.717) is 11.8 Å². The van der Waals surface area contributed by atoms with E-state index >= 15 is 0 Å². The lowest BCUT2D eigenvalue weighted by molar-refractivity contribution is -0.120. The quantitative estimate of drug-likeness (QED) is 0.618. The van der Waals surface area contributed by atoms with Gasteiger partial charge in [0.2, 0.25) is 5.91 Å². The summed E-state index contributed by atoms with van der Waals surface area (Å²) in [6, 6.07) is 6.38. The van der Waals surface area contributed by atoms with Gasteiger partial charge in [-0.15, -0.1) is 0 Å². The Labute approximate surface area is 136 Å². The van der Waals surface area contributed by atoms with Crippen LogP contribution in [0.1, 0.15) is 90.2 Å². The average molecular weight is 303 g/mol. The summed E-state index contributed by atoms with van der Waals surface area (Å²) in [6.45, 7) is 13.0. The molecule has 0 saturated carbocycles. The van der Waals surface area contributed by atoms with Gasteiger partial charge in [0.15, 0.2) is 0 Å². The van der Waals surface area contributed by atoms with Gasteiger partial charge in [-0.3, -0.25) is 4.79 Å². The molecule has 1 atom stereocenters. The molecule has 0 radical (unpaired) electrons. The molecule has 1 aromatic carbocycles. The number of benzene rings is 1. The molecule has 1 aromatic rings. The highest BCUT2D eigenvalue weighted by atomic mass is 16.1. The van der Waals surface area contributed by atoms with Crippen molar-refractivity contribution in [1.29, 1.82) is 0 Å². The summed E-state index contributed by atoms with van der Waals surface area (Å²) < 4.78 is 0. The Bertz CT molecular complexity index is 450. The summed E-state index contributed by atoms with van der Waals surface area (Å²) in [5.41, 5.74) is 3.53. The van der Waals surface area contributed by atoms with E-state index in [4.69, 9.17) is 0 Å². The van der Waals surface area contributed by atoms with Gasteiger partial charge < -0.3 is 5.32 Å². The molecule has 0 aliphatic carbocycles. The Balaban J connectivity index is 3.06. The van der Waals surface area contributed by atoms with E-state index in [1.165, 1.54) is 11.1 Å². The zero-order valence-corrected chi connectivity index (χ0v) is 15.2. The number of unbranched alkanes of at least 4 members (excludes halogenated alkanes) is 1. The molecule has 0 aliphatic heterocycles. The largest absolute Gasteiger partial charge is 0.325 e. The lowest BCUT2D eigenvalue weighted by atomic mass is 9.91. The van der Waals surface area contributed by atoms with Crippen LogP contribution in [-0.4, -0.2) is 5.91 Å². The number of carbonyl (C=O) groups excluding carboxylic acids is 1. The van der Waals surface area contributed by atoms with E-state index in [0.717, 1.165) is 31.4 Å². The Morgan fingerprint density at radius 3 is 2.00 bits per heavy atom. The first-order chi connectivity index (χ1) is 10.4. The molecule has 0 aromatic heterocycles. The standard InChI is InChI=1S/C20H33NO/c1-7-9-11-16(8-2)20(22)21-19-17(14(3)4)12-10-13-18(19)15(5)6/h10,12-16H,7-9,11H2,1-6H3,(H,21,22). The lowest BCUT2D eigenvalue weighted by Gasteiger charge is -2.22. The second kappa shape index (κ2) is 8.97. The first-order valence-corrected chi connectivity index (χ1v) is 8.85. The van der Waals surface area contributed by atoms with Gasteiger partial charge in [-0.2, -0.15) is 0 Å².